The average Bonchev–Trinajstić information content (AvgIpc) is 2.24. The Morgan fingerprint density at radius 2 is 2.00 bits per heavy atom. The number of pyridine rings is 1. The molecule has 0 aromatic carbocycles. The number of aromatic nitrogens is 1. The zero-order chi connectivity index (χ0) is 13.9. The highest BCUT2D eigenvalue weighted by Crippen LogP contribution is 2.19. The van der Waals surface area contributed by atoms with Gasteiger partial charge < -0.3 is 16.2 Å². The third-order valence-corrected chi connectivity index (χ3v) is 2.41. The van der Waals surface area contributed by atoms with Gasteiger partial charge in [-0.2, -0.15) is 0 Å². The van der Waals surface area contributed by atoms with Gasteiger partial charge in [-0.1, -0.05) is 20.8 Å². The molecule has 0 aliphatic carbocycles. The highest BCUT2D eigenvalue weighted by atomic mass is 16.4. The molecule has 0 saturated heterocycles. The minimum atomic E-state index is -1.08. The fourth-order valence-electron chi connectivity index (χ4n) is 1.39. The minimum absolute atomic E-state index is 0.139. The number of amides is 1. The van der Waals surface area contributed by atoms with Gasteiger partial charge in [0.15, 0.2) is 0 Å². The molecule has 0 fully saturated rings. The quantitative estimate of drug-likeness (QED) is 0.740. The topological polar surface area (TPSA) is 105 Å². The van der Waals surface area contributed by atoms with Crippen LogP contribution in [0.3, 0.4) is 0 Å². The number of carboxylic acids is 1. The number of rotatable bonds is 3. The van der Waals surface area contributed by atoms with Crippen LogP contribution in [0.15, 0.2) is 18.3 Å². The lowest BCUT2D eigenvalue weighted by Gasteiger charge is -2.27. The standard InChI is InChI=1S/C12H17N3O3/c1-12(2,3)9(11(17)18)15-10(16)8-5-4-7(13)6-14-8/h4-6,9H,13H2,1-3H3,(H,15,16)(H,17,18). The number of hydrogen-bond acceptors (Lipinski definition) is 4. The van der Waals surface area contributed by atoms with Crippen molar-refractivity contribution >= 4 is 17.6 Å². The third kappa shape index (κ3) is 3.44. The van der Waals surface area contributed by atoms with E-state index < -0.39 is 23.3 Å². The first kappa shape index (κ1) is 14.0. The van der Waals surface area contributed by atoms with Crippen molar-refractivity contribution in [3.8, 4) is 0 Å². The summed E-state index contributed by atoms with van der Waals surface area (Å²) in [5.74, 6) is -1.61. The predicted octanol–water partition coefficient (Wildman–Crippen LogP) is 0.893. The summed E-state index contributed by atoms with van der Waals surface area (Å²) in [6.45, 7) is 5.22. The van der Waals surface area contributed by atoms with E-state index in [4.69, 9.17) is 10.8 Å². The second kappa shape index (κ2) is 5.03. The lowest BCUT2D eigenvalue weighted by atomic mass is 9.86. The van der Waals surface area contributed by atoms with Crippen molar-refractivity contribution in [2.24, 2.45) is 5.41 Å². The van der Waals surface area contributed by atoms with Crippen LogP contribution in [0.4, 0.5) is 5.69 Å². The van der Waals surface area contributed by atoms with E-state index in [9.17, 15) is 9.59 Å². The van der Waals surface area contributed by atoms with Gasteiger partial charge >= 0.3 is 5.97 Å². The van der Waals surface area contributed by atoms with E-state index in [1.165, 1.54) is 18.3 Å². The molecule has 6 nitrogen and oxygen atoms in total. The van der Waals surface area contributed by atoms with Gasteiger partial charge in [0.25, 0.3) is 5.91 Å². The number of hydrogen-bond donors (Lipinski definition) is 3. The Morgan fingerprint density at radius 1 is 1.39 bits per heavy atom. The van der Waals surface area contributed by atoms with E-state index in [0.717, 1.165) is 0 Å². The zero-order valence-electron chi connectivity index (χ0n) is 10.6. The van der Waals surface area contributed by atoms with Crippen LogP contribution in [0.1, 0.15) is 31.3 Å². The molecule has 1 heterocycles. The molecule has 0 aliphatic rings. The predicted molar refractivity (Wildman–Crippen MR) is 67.0 cm³/mol. The van der Waals surface area contributed by atoms with Gasteiger partial charge in [0, 0.05) is 0 Å². The third-order valence-electron chi connectivity index (χ3n) is 2.41. The molecule has 1 atom stereocenters. The maximum absolute atomic E-state index is 11.8. The highest BCUT2D eigenvalue weighted by Gasteiger charge is 2.32. The van der Waals surface area contributed by atoms with Crippen molar-refractivity contribution in [2.45, 2.75) is 26.8 Å². The first-order valence-electron chi connectivity index (χ1n) is 5.47. The van der Waals surface area contributed by atoms with Crippen LogP contribution < -0.4 is 11.1 Å². The summed E-state index contributed by atoms with van der Waals surface area (Å²) < 4.78 is 0. The average molecular weight is 251 g/mol. The molecule has 1 unspecified atom stereocenters. The maximum Gasteiger partial charge on any atom is 0.326 e. The SMILES string of the molecule is CC(C)(C)C(NC(=O)c1ccc(N)cn1)C(=O)O. The Bertz CT molecular complexity index is 449. The molecule has 4 N–H and O–H groups in total. The fourth-order valence-corrected chi connectivity index (χ4v) is 1.39. The number of carbonyl (C=O) groups excluding carboxylic acids is 1. The summed E-state index contributed by atoms with van der Waals surface area (Å²) in [6, 6.07) is 2.01. The Hall–Kier alpha value is -2.11. The fraction of sp³-hybridized carbons (Fsp3) is 0.417. The largest absolute Gasteiger partial charge is 0.480 e. The molecule has 18 heavy (non-hydrogen) atoms. The zero-order valence-corrected chi connectivity index (χ0v) is 10.6. The summed E-state index contributed by atoms with van der Waals surface area (Å²) in [5.41, 5.74) is 5.45. The molecule has 1 amide bonds. The molecule has 0 aliphatic heterocycles. The van der Waals surface area contributed by atoms with Crippen LogP contribution in [0.5, 0.6) is 0 Å². The molecule has 1 rings (SSSR count). The lowest BCUT2D eigenvalue weighted by Crippen LogP contribution is -2.49. The second-order valence-electron chi connectivity index (χ2n) is 5.09. The number of nitrogens with one attached hydrogen (secondary N) is 1. The smallest absolute Gasteiger partial charge is 0.326 e. The Balaban J connectivity index is 2.86. The van der Waals surface area contributed by atoms with E-state index in [1.807, 2.05) is 0 Å². The van der Waals surface area contributed by atoms with Crippen LogP contribution in [-0.4, -0.2) is 28.0 Å². The monoisotopic (exact) mass is 251 g/mol. The highest BCUT2D eigenvalue weighted by molar-refractivity contribution is 5.95. The second-order valence-corrected chi connectivity index (χ2v) is 5.09. The molecule has 0 spiro atoms. The van der Waals surface area contributed by atoms with E-state index >= 15 is 0 Å². The van der Waals surface area contributed by atoms with Gasteiger partial charge in [-0.25, -0.2) is 9.78 Å². The number of anilines is 1. The lowest BCUT2D eigenvalue weighted by molar-refractivity contribution is -0.142. The van der Waals surface area contributed by atoms with Crippen molar-refractivity contribution < 1.29 is 14.7 Å². The summed E-state index contributed by atoms with van der Waals surface area (Å²) >= 11 is 0. The minimum Gasteiger partial charge on any atom is -0.480 e. The maximum atomic E-state index is 11.8. The molecule has 98 valence electrons. The molecule has 0 radical (unpaired) electrons. The van der Waals surface area contributed by atoms with Crippen LogP contribution in [0, 0.1) is 5.41 Å². The molecule has 0 bridgehead atoms. The van der Waals surface area contributed by atoms with Crippen LogP contribution in [-0.2, 0) is 4.79 Å². The molecule has 6 heteroatoms. The molecular formula is C12H17N3O3. The van der Waals surface area contributed by atoms with E-state index in [0.29, 0.717) is 5.69 Å². The van der Waals surface area contributed by atoms with Crippen LogP contribution in [0.25, 0.3) is 0 Å². The Labute approximate surface area is 105 Å². The van der Waals surface area contributed by atoms with Gasteiger partial charge in [0.05, 0.1) is 11.9 Å². The number of nitrogen functional groups attached to an aromatic ring is 1. The molecule has 1 aromatic rings. The van der Waals surface area contributed by atoms with Gasteiger partial charge in [-0.05, 0) is 17.5 Å². The molecular weight excluding hydrogens is 234 g/mol. The van der Waals surface area contributed by atoms with Gasteiger partial charge in [-0.15, -0.1) is 0 Å². The van der Waals surface area contributed by atoms with E-state index in [2.05, 4.69) is 10.3 Å². The van der Waals surface area contributed by atoms with Crippen molar-refractivity contribution in [3.05, 3.63) is 24.0 Å². The first-order chi connectivity index (χ1) is 8.21. The molecule has 0 saturated carbocycles. The number of nitrogens with zero attached hydrogens (tertiary/aromatic N) is 1. The molecule has 1 aromatic heterocycles. The summed E-state index contributed by atoms with van der Waals surface area (Å²) in [6.07, 6.45) is 1.35. The first-order valence-corrected chi connectivity index (χ1v) is 5.47. The van der Waals surface area contributed by atoms with Crippen LogP contribution in [0.2, 0.25) is 0 Å². The van der Waals surface area contributed by atoms with Gasteiger partial charge in [-0.3, -0.25) is 4.79 Å². The van der Waals surface area contributed by atoms with Crippen molar-refractivity contribution in [3.63, 3.8) is 0 Å². The summed E-state index contributed by atoms with van der Waals surface area (Å²) in [7, 11) is 0. The van der Waals surface area contributed by atoms with E-state index in [-0.39, 0.29) is 5.69 Å². The summed E-state index contributed by atoms with van der Waals surface area (Å²) in [4.78, 5) is 26.8. The van der Waals surface area contributed by atoms with Gasteiger partial charge in [0.1, 0.15) is 11.7 Å². The number of aliphatic carboxylic acids is 1. The van der Waals surface area contributed by atoms with Crippen molar-refractivity contribution in [2.75, 3.05) is 5.73 Å². The van der Waals surface area contributed by atoms with E-state index in [1.54, 1.807) is 20.8 Å². The van der Waals surface area contributed by atoms with Gasteiger partial charge in [0.2, 0.25) is 0 Å². The number of carboxylic acid groups (broad SMARTS) is 1. The van der Waals surface area contributed by atoms with Crippen LogP contribution >= 0.6 is 0 Å². The Morgan fingerprint density at radius 3 is 2.39 bits per heavy atom. The van der Waals surface area contributed by atoms with Crippen molar-refractivity contribution in [1.82, 2.24) is 10.3 Å². The normalized spacial score (nSPS) is 12.8. The number of nitrogens with two attached hydrogens (primary N) is 1. The van der Waals surface area contributed by atoms with Crippen molar-refractivity contribution in [1.29, 1.82) is 0 Å². The summed E-state index contributed by atoms with van der Waals surface area (Å²) in [5, 5.41) is 11.5. The Kier molecular flexibility index (Phi) is 3.90. The number of carbonyl (C=O) groups is 2.